The van der Waals surface area contributed by atoms with Crippen LogP contribution in [0.15, 0.2) is 35.2 Å². The lowest BCUT2D eigenvalue weighted by molar-refractivity contribution is 1.26. The fourth-order valence-corrected chi connectivity index (χ4v) is 2.25. The Morgan fingerprint density at radius 2 is 2.07 bits per heavy atom. The molecule has 0 heterocycles. The Morgan fingerprint density at radius 3 is 2.71 bits per heavy atom. The first-order valence-corrected chi connectivity index (χ1v) is 6.31. The Labute approximate surface area is 96.2 Å². The first-order chi connectivity index (χ1) is 6.74. The Balaban J connectivity index is 2.55. The van der Waals surface area contributed by atoms with Crippen LogP contribution in [0.1, 0.15) is 11.1 Å². The van der Waals surface area contributed by atoms with Crippen molar-refractivity contribution < 1.29 is 0 Å². The maximum Gasteiger partial charge on any atom is 0.0161 e. The van der Waals surface area contributed by atoms with Gasteiger partial charge in [-0.05, 0) is 25.5 Å². The van der Waals surface area contributed by atoms with Crippen molar-refractivity contribution >= 4 is 24.4 Å². The number of thioether (sulfide) groups is 1. The molecule has 0 bridgehead atoms. The minimum atomic E-state index is 0.827. The van der Waals surface area contributed by atoms with Gasteiger partial charge in [-0.3, -0.25) is 0 Å². The van der Waals surface area contributed by atoms with Crippen molar-refractivity contribution in [3.05, 3.63) is 41.5 Å². The molecule has 0 aliphatic carbocycles. The van der Waals surface area contributed by atoms with E-state index >= 15 is 0 Å². The van der Waals surface area contributed by atoms with Gasteiger partial charge in [-0.25, -0.2) is 0 Å². The second kappa shape index (κ2) is 6.20. The molecule has 0 saturated heterocycles. The predicted molar refractivity (Wildman–Crippen MR) is 69.6 cm³/mol. The SMILES string of the molecule is Cc1ccc(SCC=CCS)c(C)c1. The summed E-state index contributed by atoms with van der Waals surface area (Å²) in [7, 11) is 0. The molecule has 0 N–H and O–H groups in total. The molecule has 1 aromatic rings. The highest BCUT2D eigenvalue weighted by Crippen LogP contribution is 2.22. The van der Waals surface area contributed by atoms with Crippen LogP contribution in [0.5, 0.6) is 0 Å². The highest BCUT2D eigenvalue weighted by Gasteiger charge is 1.97. The summed E-state index contributed by atoms with van der Waals surface area (Å²) in [5.74, 6) is 1.86. The Bertz CT molecular complexity index is 316. The maximum absolute atomic E-state index is 4.12. The topological polar surface area (TPSA) is 0 Å². The van der Waals surface area contributed by atoms with Crippen molar-refractivity contribution in [1.29, 1.82) is 0 Å². The molecule has 2 heteroatoms. The largest absolute Gasteiger partial charge is 0.175 e. The molecule has 14 heavy (non-hydrogen) atoms. The minimum absolute atomic E-state index is 0.827. The first-order valence-electron chi connectivity index (χ1n) is 4.70. The zero-order chi connectivity index (χ0) is 10.4. The van der Waals surface area contributed by atoms with E-state index < -0.39 is 0 Å². The monoisotopic (exact) mass is 224 g/mol. The number of benzene rings is 1. The summed E-state index contributed by atoms with van der Waals surface area (Å²) in [5, 5.41) is 0. The third-order valence-corrected chi connectivity index (χ3v) is 3.28. The molecule has 0 nitrogen and oxygen atoms in total. The molecule has 0 aliphatic rings. The summed E-state index contributed by atoms with van der Waals surface area (Å²) in [4.78, 5) is 1.37. The fourth-order valence-electron chi connectivity index (χ4n) is 1.24. The van der Waals surface area contributed by atoms with Crippen molar-refractivity contribution in [2.45, 2.75) is 18.7 Å². The molecule has 1 aromatic carbocycles. The van der Waals surface area contributed by atoms with Crippen LogP contribution < -0.4 is 0 Å². The molecule has 0 atom stereocenters. The van der Waals surface area contributed by atoms with Gasteiger partial charge in [-0.15, -0.1) is 11.8 Å². The van der Waals surface area contributed by atoms with E-state index in [1.165, 1.54) is 16.0 Å². The van der Waals surface area contributed by atoms with Crippen molar-refractivity contribution in [3.8, 4) is 0 Å². The molecular weight excluding hydrogens is 208 g/mol. The van der Waals surface area contributed by atoms with E-state index in [4.69, 9.17) is 0 Å². The van der Waals surface area contributed by atoms with Gasteiger partial charge in [0.2, 0.25) is 0 Å². The van der Waals surface area contributed by atoms with E-state index in [1.54, 1.807) is 0 Å². The van der Waals surface area contributed by atoms with E-state index in [-0.39, 0.29) is 0 Å². The molecule has 0 fully saturated rings. The number of hydrogen-bond donors (Lipinski definition) is 1. The average molecular weight is 224 g/mol. The average Bonchev–Trinajstić information content (AvgIpc) is 2.15. The second-order valence-corrected chi connectivity index (χ2v) is 4.66. The molecule has 0 unspecified atom stereocenters. The number of thiol groups is 1. The van der Waals surface area contributed by atoms with Gasteiger partial charge in [-0.2, -0.15) is 12.6 Å². The van der Waals surface area contributed by atoms with E-state index in [9.17, 15) is 0 Å². The molecule has 1 rings (SSSR count). The highest BCUT2D eigenvalue weighted by atomic mass is 32.2. The van der Waals surface area contributed by atoms with Gasteiger partial charge >= 0.3 is 0 Å². The highest BCUT2D eigenvalue weighted by molar-refractivity contribution is 7.99. The van der Waals surface area contributed by atoms with Crippen LogP contribution in [0.2, 0.25) is 0 Å². The molecule has 0 spiro atoms. The molecule has 0 aliphatic heterocycles. The lowest BCUT2D eigenvalue weighted by Crippen LogP contribution is -1.82. The Kier molecular flexibility index (Phi) is 5.20. The summed E-state index contributed by atoms with van der Waals surface area (Å²) in [6.45, 7) is 4.29. The second-order valence-electron chi connectivity index (χ2n) is 3.23. The molecule has 76 valence electrons. The van der Waals surface area contributed by atoms with Crippen LogP contribution in [0.25, 0.3) is 0 Å². The lowest BCUT2D eigenvalue weighted by atomic mass is 10.2. The van der Waals surface area contributed by atoms with Gasteiger partial charge < -0.3 is 0 Å². The zero-order valence-electron chi connectivity index (χ0n) is 8.66. The van der Waals surface area contributed by atoms with Crippen LogP contribution >= 0.6 is 24.4 Å². The Hall–Kier alpha value is -0.340. The number of rotatable bonds is 4. The van der Waals surface area contributed by atoms with Gasteiger partial charge in [0.1, 0.15) is 0 Å². The molecule has 0 saturated carbocycles. The summed E-state index contributed by atoms with van der Waals surface area (Å²) < 4.78 is 0. The van der Waals surface area contributed by atoms with E-state index in [0.29, 0.717) is 0 Å². The minimum Gasteiger partial charge on any atom is -0.175 e. The molecule has 0 aromatic heterocycles. The number of hydrogen-bond acceptors (Lipinski definition) is 2. The molecular formula is C12H16S2. The van der Waals surface area contributed by atoms with Crippen molar-refractivity contribution in [2.24, 2.45) is 0 Å². The van der Waals surface area contributed by atoms with E-state index in [0.717, 1.165) is 11.5 Å². The van der Waals surface area contributed by atoms with Crippen LogP contribution in [0.3, 0.4) is 0 Å². The molecule has 0 radical (unpaired) electrons. The van der Waals surface area contributed by atoms with E-state index in [2.05, 4.69) is 56.8 Å². The summed E-state index contributed by atoms with van der Waals surface area (Å²) in [6.07, 6.45) is 4.25. The van der Waals surface area contributed by atoms with Gasteiger partial charge in [0.25, 0.3) is 0 Å². The smallest absolute Gasteiger partial charge is 0.0161 e. The standard InChI is InChI=1S/C12H16S2/c1-10-5-6-12(11(2)9-10)14-8-4-3-7-13/h3-6,9,13H,7-8H2,1-2H3. The third-order valence-electron chi connectivity index (χ3n) is 1.94. The summed E-state index contributed by atoms with van der Waals surface area (Å²) in [5.41, 5.74) is 2.70. The van der Waals surface area contributed by atoms with Crippen LogP contribution in [-0.2, 0) is 0 Å². The first kappa shape index (κ1) is 11.7. The Morgan fingerprint density at radius 1 is 1.29 bits per heavy atom. The normalized spacial score (nSPS) is 11.1. The van der Waals surface area contributed by atoms with Crippen molar-refractivity contribution in [3.63, 3.8) is 0 Å². The summed E-state index contributed by atoms with van der Waals surface area (Å²) >= 11 is 5.99. The van der Waals surface area contributed by atoms with Crippen LogP contribution in [-0.4, -0.2) is 11.5 Å². The fraction of sp³-hybridized carbons (Fsp3) is 0.333. The molecule has 0 amide bonds. The predicted octanol–water partition coefficient (Wildman–Crippen LogP) is 3.88. The van der Waals surface area contributed by atoms with Gasteiger partial charge in [0, 0.05) is 16.4 Å². The van der Waals surface area contributed by atoms with Gasteiger partial charge in [-0.1, -0.05) is 29.8 Å². The van der Waals surface area contributed by atoms with Crippen molar-refractivity contribution in [2.75, 3.05) is 11.5 Å². The third kappa shape index (κ3) is 3.81. The quantitative estimate of drug-likeness (QED) is 0.460. The van der Waals surface area contributed by atoms with Gasteiger partial charge in [0.15, 0.2) is 0 Å². The zero-order valence-corrected chi connectivity index (χ0v) is 10.4. The number of aryl methyl sites for hydroxylation is 2. The van der Waals surface area contributed by atoms with Crippen molar-refractivity contribution in [1.82, 2.24) is 0 Å². The summed E-state index contributed by atoms with van der Waals surface area (Å²) in [6, 6.07) is 6.59. The van der Waals surface area contributed by atoms with Crippen LogP contribution in [0.4, 0.5) is 0 Å². The van der Waals surface area contributed by atoms with E-state index in [1.807, 2.05) is 11.8 Å². The van der Waals surface area contributed by atoms with Crippen LogP contribution in [0, 0.1) is 13.8 Å². The lowest BCUT2D eigenvalue weighted by Gasteiger charge is -2.04. The van der Waals surface area contributed by atoms with Gasteiger partial charge in [0.05, 0.1) is 0 Å². The maximum atomic E-state index is 4.12.